The smallest absolute Gasteiger partial charge is 0.234 e. The van der Waals surface area contributed by atoms with Gasteiger partial charge < -0.3 is 11.1 Å². The predicted molar refractivity (Wildman–Crippen MR) is 84.5 cm³/mol. The third-order valence-electron chi connectivity index (χ3n) is 4.13. The van der Waals surface area contributed by atoms with Gasteiger partial charge >= 0.3 is 0 Å². The highest BCUT2D eigenvalue weighted by molar-refractivity contribution is 5.78. The van der Waals surface area contributed by atoms with E-state index in [1.165, 1.54) is 19.3 Å². The molecule has 1 fully saturated rings. The summed E-state index contributed by atoms with van der Waals surface area (Å²) in [6, 6.07) is 0.287. The van der Waals surface area contributed by atoms with Gasteiger partial charge in [0.25, 0.3) is 0 Å². The summed E-state index contributed by atoms with van der Waals surface area (Å²) in [5.41, 5.74) is 5.63. The first-order chi connectivity index (χ1) is 9.51. The van der Waals surface area contributed by atoms with Crippen LogP contribution in [0.4, 0.5) is 0 Å². The average Bonchev–Trinajstić information content (AvgIpc) is 2.37. The fourth-order valence-electron chi connectivity index (χ4n) is 2.95. The Morgan fingerprint density at radius 2 is 2.10 bits per heavy atom. The van der Waals surface area contributed by atoms with Crippen LogP contribution >= 0.6 is 0 Å². The zero-order valence-electron chi connectivity index (χ0n) is 13.5. The standard InChI is InChI=1S/C16H33N3O/c1-13(2)6-7-14(3)18-16(20)12-19-10-4-5-15(11-19)8-9-17/h13-15H,4-12,17H2,1-3H3,(H,18,20). The van der Waals surface area contributed by atoms with Gasteiger partial charge in [-0.2, -0.15) is 0 Å². The van der Waals surface area contributed by atoms with E-state index in [0.717, 1.165) is 32.5 Å². The SMILES string of the molecule is CC(C)CCC(C)NC(=O)CN1CCCC(CCN)C1. The van der Waals surface area contributed by atoms with Gasteiger partial charge in [0.05, 0.1) is 6.54 Å². The number of carbonyl (C=O) groups is 1. The first-order valence-electron chi connectivity index (χ1n) is 8.23. The number of amides is 1. The fourth-order valence-corrected chi connectivity index (χ4v) is 2.95. The second-order valence-corrected chi connectivity index (χ2v) is 6.76. The maximum absolute atomic E-state index is 12.1. The summed E-state index contributed by atoms with van der Waals surface area (Å²) in [6.07, 6.45) is 5.78. The minimum Gasteiger partial charge on any atom is -0.353 e. The van der Waals surface area contributed by atoms with Crippen molar-refractivity contribution in [2.24, 2.45) is 17.6 Å². The summed E-state index contributed by atoms with van der Waals surface area (Å²) in [6.45, 7) is 9.94. The topological polar surface area (TPSA) is 58.4 Å². The van der Waals surface area contributed by atoms with Crippen LogP contribution in [0.2, 0.25) is 0 Å². The molecule has 4 heteroatoms. The Morgan fingerprint density at radius 3 is 2.75 bits per heavy atom. The highest BCUT2D eigenvalue weighted by atomic mass is 16.2. The second-order valence-electron chi connectivity index (χ2n) is 6.76. The van der Waals surface area contributed by atoms with E-state index in [1.807, 2.05) is 0 Å². The van der Waals surface area contributed by atoms with Crippen LogP contribution in [0.25, 0.3) is 0 Å². The van der Waals surface area contributed by atoms with Crippen molar-refractivity contribution in [3.8, 4) is 0 Å². The Bertz CT molecular complexity index is 279. The van der Waals surface area contributed by atoms with Gasteiger partial charge in [-0.25, -0.2) is 0 Å². The number of rotatable bonds is 8. The van der Waals surface area contributed by atoms with Crippen molar-refractivity contribution in [2.75, 3.05) is 26.2 Å². The molecule has 1 aliphatic heterocycles. The molecule has 0 aromatic heterocycles. The average molecular weight is 283 g/mol. The molecule has 4 nitrogen and oxygen atoms in total. The van der Waals surface area contributed by atoms with E-state index in [4.69, 9.17) is 5.73 Å². The molecule has 0 bridgehead atoms. The van der Waals surface area contributed by atoms with Crippen LogP contribution in [0.15, 0.2) is 0 Å². The first-order valence-corrected chi connectivity index (χ1v) is 8.23. The Hall–Kier alpha value is -0.610. The van der Waals surface area contributed by atoms with Crippen molar-refractivity contribution in [2.45, 2.75) is 58.9 Å². The molecule has 0 saturated carbocycles. The molecule has 1 amide bonds. The van der Waals surface area contributed by atoms with Crippen LogP contribution in [-0.2, 0) is 4.79 Å². The van der Waals surface area contributed by atoms with Crippen LogP contribution in [0.3, 0.4) is 0 Å². The number of nitrogens with two attached hydrogens (primary N) is 1. The van der Waals surface area contributed by atoms with Crippen molar-refractivity contribution in [3.05, 3.63) is 0 Å². The van der Waals surface area contributed by atoms with Gasteiger partial charge in [-0.1, -0.05) is 13.8 Å². The maximum Gasteiger partial charge on any atom is 0.234 e. The van der Waals surface area contributed by atoms with Crippen molar-refractivity contribution >= 4 is 5.91 Å². The number of hydrogen-bond donors (Lipinski definition) is 2. The lowest BCUT2D eigenvalue weighted by atomic mass is 9.95. The zero-order valence-corrected chi connectivity index (χ0v) is 13.5. The molecular weight excluding hydrogens is 250 g/mol. The van der Waals surface area contributed by atoms with Crippen LogP contribution in [0.1, 0.15) is 52.9 Å². The third kappa shape index (κ3) is 7.25. The molecule has 1 saturated heterocycles. The summed E-state index contributed by atoms with van der Waals surface area (Å²) in [5, 5.41) is 3.12. The number of carbonyl (C=O) groups excluding carboxylic acids is 1. The molecular formula is C16H33N3O. The largest absolute Gasteiger partial charge is 0.353 e. The van der Waals surface area contributed by atoms with Gasteiger partial charge in [-0.05, 0) is 64.0 Å². The molecule has 20 heavy (non-hydrogen) atoms. The molecule has 2 atom stereocenters. The summed E-state index contributed by atoms with van der Waals surface area (Å²) in [5.74, 6) is 1.56. The molecule has 118 valence electrons. The number of likely N-dealkylation sites (tertiary alicyclic amines) is 1. The van der Waals surface area contributed by atoms with E-state index in [2.05, 4.69) is 31.0 Å². The van der Waals surface area contributed by atoms with E-state index in [1.54, 1.807) is 0 Å². The van der Waals surface area contributed by atoms with Crippen LogP contribution in [0, 0.1) is 11.8 Å². The maximum atomic E-state index is 12.1. The van der Waals surface area contributed by atoms with Crippen molar-refractivity contribution < 1.29 is 4.79 Å². The minimum absolute atomic E-state index is 0.176. The van der Waals surface area contributed by atoms with E-state index in [-0.39, 0.29) is 11.9 Å². The Labute approximate surface area is 124 Å². The highest BCUT2D eigenvalue weighted by Gasteiger charge is 2.21. The number of nitrogens with zero attached hydrogens (tertiary/aromatic N) is 1. The zero-order chi connectivity index (χ0) is 15.0. The Balaban J connectivity index is 2.23. The monoisotopic (exact) mass is 283 g/mol. The lowest BCUT2D eigenvalue weighted by Gasteiger charge is -2.32. The van der Waals surface area contributed by atoms with Crippen LogP contribution in [0.5, 0.6) is 0 Å². The van der Waals surface area contributed by atoms with E-state index in [0.29, 0.717) is 18.4 Å². The van der Waals surface area contributed by atoms with E-state index in [9.17, 15) is 4.79 Å². The van der Waals surface area contributed by atoms with Gasteiger partial charge in [-0.15, -0.1) is 0 Å². The van der Waals surface area contributed by atoms with Gasteiger partial charge in [0.15, 0.2) is 0 Å². The Morgan fingerprint density at radius 1 is 1.35 bits per heavy atom. The minimum atomic E-state index is 0.176. The summed E-state index contributed by atoms with van der Waals surface area (Å²) in [4.78, 5) is 14.3. The molecule has 1 rings (SSSR count). The van der Waals surface area contributed by atoms with Gasteiger partial charge in [0.2, 0.25) is 5.91 Å². The van der Waals surface area contributed by atoms with Crippen molar-refractivity contribution in [1.29, 1.82) is 0 Å². The fraction of sp³-hybridized carbons (Fsp3) is 0.938. The van der Waals surface area contributed by atoms with Crippen LogP contribution < -0.4 is 11.1 Å². The predicted octanol–water partition coefficient (Wildman–Crippen LogP) is 1.99. The quantitative estimate of drug-likeness (QED) is 0.716. The lowest BCUT2D eigenvalue weighted by Crippen LogP contribution is -2.45. The number of nitrogens with one attached hydrogen (secondary N) is 1. The lowest BCUT2D eigenvalue weighted by molar-refractivity contribution is -0.123. The molecule has 0 aliphatic carbocycles. The molecule has 0 radical (unpaired) electrons. The van der Waals surface area contributed by atoms with Crippen molar-refractivity contribution in [3.63, 3.8) is 0 Å². The number of hydrogen-bond acceptors (Lipinski definition) is 3. The van der Waals surface area contributed by atoms with Gasteiger partial charge in [-0.3, -0.25) is 9.69 Å². The van der Waals surface area contributed by atoms with Crippen molar-refractivity contribution in [1.82, 2.24) is 10.2 Å². The molecule has 1 heterocycles. The summed E-state index contributed by atoms with van der Waals surface area (Å²) >= 11 is 0. The highest BCUT2D eigenvalue weighted by Crippen LogP contribution is 2.18. The molecule has 0 aromatic carbocycles. The van der Waals surface area contributed by atoms with Gasteiger partial charge in [0, 0.05) is 12.6 Å². The van der Waals surface area contributed by atoms with E-state index < -0.39 is 0 Å². The molecule has 1 aliphatic rings. The third-order valence-corrected chi connectivity index (χ3v) is 4.13. The summed E-state index contributed by atoms with van der Waals surface area (Å²) in [7, 11) is 0. The summed E-state index contributed by atoms with van der Waals surface area (Å²) < 4.78 is 0. The first kappa shape index (κ1) is 17.4. The molecule has 3 N–H and O–H groups in total. The molecule has 0 aromatic rings. The van der Waals surface area contributed by atoms with E-state index >= 15 is 0 Å². The molecule has 0 spiro atoms. The normalized spacial score (nSPS) is 21.9. The Kier molecular flexibility index (Phi) is 8.15. The van der Waals surface area contributed by atoms with Crippen LogP contribution in [-0.4, -0.2) is 43.0 Å². The second kappa shape index (κ2) is 9.35. The van der Waals surface area contributed by atoms with Gasteiger partial charge in [0.1, 0.15) is 0 Å². The number of piperidine rings is 1. The molecule has 2 unspecified atom stereocenters.